The summed E-state index contributed by atoms with van der Waals surface area (Å²) in [5.74, 6) is -0.508. The maximum atomic E-state index is 13.4. The second kappa shape index (κ2) is 12.1. The van der Waals surface area contributed by atoms with Crippen molar-refractivity contribution in [3.05, 3.63) is 60.0 Å². The van der Waals surface area contributed by atoms with Crippen LogP contribution in [0.15, 0.2) is 65.0 Å². The van der Waals surface area contributed by atoms with Gasteiger partial charge in [0.25, 0.3) is 0 Å². The number of carbonyl (C=O) groups is 1. The minimum absolute atomic E-state index is 0.0328. The van der Waals surface area contributed by atoms with Gasteiger partial charge in [0.15, 0.2) is 0 Å². The van der Waals surface area contributed by atoms with E-state index in [2.05, 4.69) is 30.2 Å². The van der Waals surface area contributed by atoms with Crippen molar-refractivity contribution in [2.24, 2.45) is 4.99 Å². The molecule has 0 bridgehead atoms. The van der Waals surface area contributed by atoms with Gasteiger partial charge in [0.2, 0.25) is 0 Å². The van der Waals surface area contributed by atoms with Crippen LogP contribution in [0.2, 0.25) is 0 Å². The summed E-state index contributed by atoms with van der Waals surface area (Å²) in [5.41, 5.74) is 2.05. The second-order valence-electron chi connectivity index (χ2n) is 7.49. The largest absolute Gasteiger partial charge is 0.465 e. The molecule has 0 aliphatic heterocycles. The topological polar surface area (TPSA) is 64.9 Å². The zero-order valence-electron chi connectivity index (χ0n) is 18.3. The fourth-order valence-corrected chi connectivity index (χ4v) is 2.87. The second-order valence-corrected chi connectivity index (χ2v) is 7.49. The first kappa shape index (κ1) is 26.9. The monoisotopic (exact) mass is 455 g/mol. The highest BCUT2D eigenvalue weighted by Crippen LogP contribution is 2.37. The fraction of sp³-hybridized carbons (Fsp3) is 0.391. The Morgan fingerprint density at radius 3 is 2.28 bits per heavy atom. The number of hydrogen-bond acceptors (Lipinski definition) is 3. The molecule has 0 unspecified atom stereocenters. The van der Waals surface area contributed by atoms with Crippen molar-refractivity contribution in [3.8, 4) is 0 Å². The number of anilines is 1. The predicted octanol–water partition coefficient (Wildman–Crippen LogP) is 6.57. The van der Waals surface area contributed by atoms with Gasteiger partial charge in [-0.3, -0.25) is 4.99 Å². The third-order valence-electron chi connectivity index (χ3n) is 4.89. The summed E-state index contributed by atoms with van der Waals surface area (Å²) in [6, 6.07) is 6.81. The molecule has 0 radical (unpaired) electrons. The molecule has 1 aromatic rings. The number of rotatable bonds is 8. The Morgan fingerprint density at radius 2 is 1.84 bits per heavy atom. The Bertz CT molecular complexity index is 874. The summed E-state index contributed by atoms with van der Waals surface area (Å²) in [6.07, 6.45) is -2.78. The molecule has 0 aromatic heterocycles. The molecule has 5 nitrogen and oxygen atoms in total. The van der Waals surface area contributed by atoms with Crippen LogP contribution in [0.1, 0.15) is 33.1 Å². The maximum Gasteiger partial charge on any atom is 0.405 e. The lowest BCUT2D eigenvalue weighted by molar-refractivity contribution is -0.121. The van der Waals surface area contributed by atoms with Crippen LogP contribution >= 0.6 is 0 Å². The molecule has 1 aliphatic carbocycles. The van der Waals surface area contributed by atoms with Gasteiger partial charge >= 0.3 is 12.3 Å². The third kappa shape index (κ3) is 8.56. The van der Waals surface area contributed by atoms with Crippen LogP contribution in [0.4, 0.5) is 33.7 Å². The zero-order valence-corrected chi connectivity index (χ0v) is 18.3. The summed E-state index contributed by atoms with van der Waals surface area (Å²) < 4.78 is 51.4. The quantitative estimate of drug-likeness (QED) is 0.265. The molecule has 1 aliphatic rings. The van der Waals surface area contributed by atoms with Gasteiger partial charge in [-0.25, -0.2) is 9.18 Å². The van der Waals surface area contributed by atoms with E-state index in [1.165, 1.54) is 11.8 Å². The van der Waals surface area contributed by atoms with Crippen molar-refractivity contribution in [2.45, 2.75) is 45.3 Å². The van der Waals surface area contributed by atoms with Crippen LogP contribution in [0, 0.1) is 0 Å². The van der Waals surface area contributed by atoms with E-state index in [1.807, 2.05) is 0 Å². The van der Waals surface area contributed by atoms with E-state index in [4.69, 9.17) is 5.11 Å². The van der Waals surface area contributed by atoms with Crippen LogP contribution in [-0.2, 0) is 0 Å². The van der Waals surface area contributed by atoms with Gasteiger partial charge in [0.05, 0.1) is 11.4 Å². The number of alkyl halides is 3. The molecule has 2 rings (SSSR count). The van der Waals surface area contributed by atoms with E-state index in [1.54, 1.807) is 31.2 Å². The van der Waals surface area contributed by atoms with Crippen molar-refractivity contribution < 1.29 is 27.5 Å². The summed E-state index contributed by atoms with van der Waals surface area (Å²) in [7, 11) is 0. The highest BCUT2D eigenvalue weighted by molar-refractivity contribution is 5.69. The first-order valence-corrected chi connectivity index (χ1v) is 9.93. The number of allylic oxidation sites excluding steroid dienone is 3. The van der Waals surface area contributed by atoms with E-state index in [0.717, 1.165) is 19.3 Å². The average molecular weight is 455 g/mol. The van der Waals surface area contributed by atoms with Crippen LogP contribution in [0.3, 0.4) is 0 Å². The first-order valence-electron chi connectivity index (χ1n) is 9.93. The Morgan fingerprint density at radius 1 is 1.25 bits per heavy atom. The van der Waals surface area contributed by atoms with Gasteiger partial charge in [-0.05, 0) is 63.1 Å². The number of hydrogen-bond donors (Lipinski definition) is 2. The van der Waals surface area contributed by atoms with Crippen LogP contribution in [-0.4, -0.2) is 43.2 Å². The van der Waals surface area contributed by atoms with Crippen LogP contribution in [0.5, 0.6) is 0 Å². The van der Waals surface area contributed by atoms with E-state index >= 15 is 0 Å². The minimum atomic E-state index is -4.20. The Kier molecular flexibility index (Phi) is 10.2. The van der Waals surface area contributed by atoms with Crippen molar-refractivity contribution in [3.63, 3.8) is 0 Å². The normalized spacial score (nSPS) is 14.2. The van der Waals surface area contributed by atoms with E-state index in [9.17, 15) is 22.4 Å². The molecule has 1 fully saturated rings. The van der Waals surface area contributed by atoms with E-state index in [-0.39, 0.29) is 18.2 Å². The van der Waals surface area contributed by atoms with Crippen molar-refractivity contribution in [1.29, 1.82) is 0 Å². The number of para-hydroxylation sites is 2. The number of benzene rings is 1. The smallest absolute Gasteiger partial charge is 0.405 e. The molecule has 0 heterocycles. The van der Waals surface area contributed by atoms with Crippen molar-refractivity contribution in [1.82, 2.24) is 5.32 Å². The highest BCUT2D eigenvalue weighted by Gasteiger charge is 2.36. The Labute approximate surface area is 185 Å². The van der Waals surface area contributed by atoms with Gasteiger partial charge in [-0.2, -0.15) is 13.2 Å². The summed E-state index contributed by atoms with van der Waals surface area (Å²) in [5, 5.41) is 10.4. The minimum Gasteiger partial charge on any atom is -0.465 e. The van der Waals surface area contributed by atoms with Gasteiger partial charge in [0, 0.05) is 18.2 Å². The van der Waals surface area contributed by atoms with Gasteiger partial charge in [0.1, 0.15) is 12.4 Å². The average Bonchev–Trinajstić information content (AvgIpc) is 2.68. The lowest BCUT2D eigenvalue weighted by Gasteiger charge is -2.40. The van der Waals surface area contributed by atoms with E-state index < -0.39 is 24.6 Å². The molecule has 0 atom stereocenters. The maximum absolute atomic E-state index is 13.4. The molecule has 0 saturated heterocycles. The molecule has 9 heteroatoms. The van der Waals surface area contributed by atoms with Crippen molar-refractivity contribution >= 4 is 24.2 Å². The predicted molar refractivity (Wildman–Crippen MR) is 120 cm³/mol. The number of aliphatic imine (C=N–C) groups is 1. The Hall–Kier alpha value is -3.10. The molecule has 176 valence electrons. The Balaban J connectivity index is 0.000000333. The molecule has 1 aromatic carbocycles. The van der Waals surface area contributed by atoms with Gasteiger partial charge in [-0.1, -0.05) is 25.3 Å². The van der Waals surface area contributed by atoms with Gasteiger partial charge in [-0.15, -0.1) is 0 Å². The molecule has 0 spiro atoms. The lowest BCUT2D eigenvalue weighted by Crippen LogP contribution is -2.45. The summed E-state index contributed by atoms with van der Waals surface area (Å²) >= 11 is 0. The molecule has 32 heavy (non-hydrogen) atoms. The summed E-state index contributed by atoms with van der Waals surface area (Å²) in [6.45, 7) is 12.6. The number of amides is 1. The zero-order chi connectivity index (χ0) is 24.5. The SMILES string of the molecule is C=C(C)C(=C)/C(F)=C(\C)CNC(=O)O.C=Nc1ccccc1N(CC(F)(F)F)C1CCC1. The number of nitrogens with zero attached hydrogens (tertiary/aromatic N) is 2. The molecule has 1 amide bonds. The van der Waals surface area contributed by atoms with E-state index in [0.29, 0.717) is 22.5 Å². The number of carboxylic acid groups (broad SMARTS) is 1. The lowest BCUT2D eigenvalue weighted by atomic mass is 9.91. The molecular formula is C23H29F4N3O2. The third-order valence-corrected chi connectivity index (χ3v) is 4.89. The highest BCUT2D eigenvalue weighted by atomic mass is 19.4. The summed E-state index contributed by atoms with van der Waals surface area (Å²) in [4.78, 5) is 15.3. The molecular weight excluding hydrogens is 426 g/mol. The first-order chi connectivity index (χ1) is 14.9. The van der Waals surface area contributed by atoms with Crippen molar-refractivity contribution in [2.75, 3.05) is 18.0 Å². The molecule has 2 N–H and O–H groups in total. The standard InChI is InChI=1S/C13H15F3N2.C10H14FNO2/c1-17-11-7-2-3-8-12(11)18(9-13(14,15)16)10-5-4-6-10;1-6(2)8(4)9(11)7(3)5-12-10(13)14/h2-3,7-8,10H,1,4-6,9H2;12H,1,4-5H2,2-3H3,(H,13,14)/b;9-7-. The van der Waals surface area contributed by atoms with Crippen LogP contribution in [0.25, 0.3) is 0 Å². The van der Waals surface area contributed by atoms with Gasteiger partial charge < -0.3 is 15.3 Å². The fourth-order valence-electron chi connectivity index (χ4n) is 2.87. The molecule has 1 saturated carbocycles. The van der Waals surface area contributed by atoms with Crippen LogP contribution < -0.4 is 10.2 Å². The number of halogens is 4. The number of nitrogens with one attached hydrogen (secondary N) is 1.